The lowest BCUT2D eigenvalue weighted by molar-refractivity contribution is 0.414. The maximum Gasteiger partial charge on any atom is 0.260 e. The van der Waals surface area contributed by atoms with E-state index in [0.717, 1.165) is 17.4 Å². The van der Waals surface area contributed by atoms with E-state index in [2.05, 4.69) is 9.97 Å². The molecule has 0 aliphatic rings. The zero-order valence-corrected chi connectivity index (χ0v) is 18.2. The molecule has 2 heterocycles. The molecule has 0 bridgehead atoms. The molecule has 2 aromatic heterocycles. The normalized spacial score (nSPS) is 11.6. The van der Waals surface area contributed by atoms with Crippen molar-refractivity contribution in [1.82, 2.24) is 14.5 Å². The predicted molar refractivity (Wildman–Crippen MR) is 119 cm³/mol. The Balaban J connectivity index is 2.02. The zero-order valence-electron chi connectivity index (χ0n) is 17.4. The van der Waals surface area contributed by atoms with Crippen molar-refractivity contribution in [2.24, 2.45) is 0 Å². The third kappa shape index (κ3) is 4.06. The van der Waals surface area contributed by atoms with Crippen molar-refractivity contribution >= 4 is 20.9 Å². The fourth-order valence-corrected chi connectivity index (χ4v) is 3.97. The van der Waals surface area contributed by atoms with Crippen LogP contribution in [0.25, 0.3) is 22.2 Å². The van der Waals surface area contributed by atoms with Crippen molar-refractivity contribution in [2.75, 3.05) is 13.4 Å². The molecule has 0 atom stereocenters. The van der Waals surface area contributed by atoms with E-state index >= 15 is 0 Å². The molecule has 0 amide bonds. The molecule has 0 unspecified atom stereocenters. The Morgan fingerprint density at radius 2 is 1.68 bits per heavy atom. The van der Waals surface area contributed by atoms with Crippen molar-refractivity contribution in [1.29, 1.82) is 0 Å². The van der Waals surface area contributed by atoms with E-state index in [1.165, 1.54) is 4.57 Å². The van der Waals surface area contributed by atoms with E-state index < -0.39 is 9.84 Å². The molecular weight excluding hydrogens is 414 g/mol. The van der Waals surface area contributed by atoms with Gasteiger partial charge in [0.2, 0.25) is 15.0 Å². The van der Waals surface area contributed by atoms with Crippen LogP contribution in [0.3, 0.4) is 0 Å². The molecular formula is C23H21N3O4S. The van der Waals surface area contributed by atoms with Crippen LogP contribution in [-0.4, -0.2) is 36.3 Å². The average Bonchev–Trinajstić information content (AvgIpc) is 2.76. The summed E-state index contributed by atoms with van der Waals surface area (Å²) in [5.41, 5.74) is 2.64. The number of aromatic nitrogens is 3. The van der Waals surface area contributed by atoms with Gasteiger partial charge in [-0.1, -0.05) is 42.5 Å². The number of hydrogen-bond acceptors (Lipinski definition) is 6. The minimum atomic E-state index is -3.64. The van der Waals surface area contributed by atoms with Gasteiger partial charge in [-0.25, -0.2) is 13.4 Å². The van der Waals surface area contributed by atoms with Crippen LogP contribution in [0.1, 0.15) is 11.3 Å². The van der Waals surface area contributed by atoms with Gasteiger partial charge in [0.1, 0.15) is 11.4 Å². The van der Waals surface area contributed by atoms with Crippen LogP contribution in [0.4, 0.5) is 0 Å². The largest absolute Gasteiger partial charge is 0.497 e. The number of pyridine rings is 1. The second-order valence-electron chi connectivity index (χ2n) is 7.26. The number of nitrogens with zero attached hydrogens (tertiary/aromatic N) is 3. The van der Waals surface area contributed by atoms with Gasteiger partial charge in [-0.3, -0.25) is 9.36 Å². The molecule has 0 aliphatic carbocycles. The fraction of sp³-hybridized carbons (Fsp3) is 0.174. The van der Waals surface area contributed by atoms with Gasteiger partial charge in [-0.15, -0.1) is 0 Å². The van der Waals surface area contributed by atoms with Gasteiger partial charge in [0.15, 0.2) is 0 Å². The Bertz CT molecular complexity index is 1430. The molecule has 31 heavy (non-hydrogen) atoms. The van der Waals surface area contributed by atoms with Crippen LogP contribution in [0, 0.1) is 6.92 Å². The molecule has 8 heteroatoms. The summed E-state index contributed by atoms with van der Waals surface area (Å²) in [5, 5.41) is 0.326. The van der Waals surface area contributed by atoms with Gasteiger partial charge in [0.05, 0.1) is 19.3 Å². The van der Waals surface area contributed by atoms with Crippen LogP contribution in [0.15, 0.2) is 70.6 Å². The van der Waals surface area contributed by atoms with Crippen LogP contribution in [0.2, 0.25) is 0 Å². The fourth-order valence-electron chi connectivity index (χ4n) is 3.41. The van der Waals surface area contributed by atoms with Crippen LogP contribution < -0.4 is 10.3 Å². The highest BCUT2D eigenvalue weighted by Crippen LogP contribution is 2.24. The predicted octanol–water partition coefficient (Wildman–Crippen LogP) is 3.23. The topological polar surface area (TPSA) is 91.2 Å². The highest BCUT2D eigenvalue weighted by molar-refractivity contribution is 7.90. The van der Waals surface area contributed by atoms with E-state index in [0.29, 0.717) is 22.4 Å². The van der Waals surface area contributed by atoms with Crippen LogP contribution in [0.5, 0.6) is 5.75 Å². The minimum absolute atomic E-state index is 0.222. The highest BCUT2D eigenvalue weighted by atomic mass is 32.2. The SMILES string of the molecule is COc1ccc(Cn2c(=O)c(-c3ccccc3)cc3c(C)nc(S(C)(=O)=O)nc32)cc1. The standard InChI is InChI=1S/C23H21N3O4S/c1-15-19-13-20(17-7-5-4-6-8-17)22(27)26(14-16-9-11-18(30-2)12-10-16)21(19)25-23(24-15)31(3,28)29/h4-13H,14H2,1-3H3. The van der Waals surface area contributed by atoms with Crippen LogP contribution >= 0.6 is 0 Å². The van der Waals surface area contributed by atoms with Gasteiger partial charge in [0.25, 0.3) is 5.56 Å². The first-order chi connectivity index (χ1) is 14.8. The second kappa shape index (κ2) is 7.96. The summed E-state index contributed by atoms with van der Waals surface area (Å²) >= 11 is 0. The molecule has 4 rings (SSSR count). The summed E-state index contributed by atoms with van der Waals surface area (Å²) in [6.07, 6.45) is 1.05. The number of ether oxygens (including phenoxy) is 1. The Morgan fingerprint density at radius 1 is 1.00 bits per heavy atom. The summed E-state index contributed by atoms with van der Waals surface area (Å²) in [6, 6.07) is 18.4. The Morgan fingerprint density at radius 3 is 2.29 bits per heavy atom. The molecule has 4 aromatic rings. The van der Waals surface area contributed by atoms with Crippen molar-refractivity contribution in [3.63, 3.8) is 0 Å². The van der Waals surface area contributed by atoms with E-state index in [9.17, 15) is 13.2 Å². The smallest absolute Gasteiger partial charge is 0.260 e. The van der Waals surface area contributed by atoms with E-state index in [4.69, 9.17) is 4.74 Å². The number of fused-ring (bicyclic) bond motifs is 1. The van der Waals surface area contributed by atoms with Gasteiger partial charge < -0.3 is 4.74 Å². The lowest BCUT2D eigenvalue weighted by Crippen LogP contribution is -2.24. The number of sulfone groups is 1. The summed E-state index contributed by atoms with van der Waals surface area (Å²) in [5.74, 6) is 0.705. The maximum atomic E-state index is 13.5. The lowest BCUT2D eigenvalue weighted by atomic mass is 10.0. The van der Waals surface area contributed by atoms with E-state index in [1.54, 1.807) is 20.1 Å². The number of benzene rings is 2. The highest BCUT2D eigenvalue weighted by Gasteiger charge is 2.19. The molecule has 0 spiro atoms. The van der Waals surface area contributed by atoms with E-state index in [1.807, 2.05) is 54.6 Å². The first kappa shape index (κ1) is 20.7. The number of methoxy groups -OCH3 is 1. The number of hydrogen-bond donors (Lipinski definition) is 0. The molecule has 158 valence electrons. The van der Waals surface area contributed by atoms with Gasteiger partial charge >= 0.3 is 0 Å². The van der Waals surface area contributed by atoms with Crippen molar-refractivity contribution in [3.8, 4) is 16.9 Å². The molecule has 0 saturated heterocycles. The van der Waals surface area contributed by atoms with Crippen molar-refractivity contribution < 1.29 is 13.2 Å². The molecule has 0 radical (unpaired) electrons. The minimum Gasteiger partial charge on any atom is -0.497 e. The lowest BCUT2D eigenvalue weighted by Gasteiger charge is -2.15. The molecule has 0 aliphatic heterocycles. The third-order valence-corrected chi connectivity index (χ3v) is 5.88. The third-order valence-electron chi connectivity index (χ3n) is 5.03. The molecule has 0 N–H and O–H groups in total. The monoisotopic (exact) mass is 435 g/mol. The quantitative estimate of drug-likeness (QED) is 0.447. The number of aryl methyl sites for hydroxylation is 1. The first-order valence-electron chi connectivity index (χ1n) is 9.58. The first-order valence-corrected chi connectivity index (χ1v) is 11.5. The summed E-state index contributed by atoms with van der Waals surface area (Å²) in [7, 11) is -2.06. The Kier molecular flexibility index (Phi) is 5.32. The molecule has 0 fully saturated rings. The summed E-state index contributed by atoms with van der Waals surface area (Å²) < 4.78 is 30.9. The number of rotatable bonds is 5. The van der Waals surface area contributed by atoms with E-state index in [-0.39, 0.29) is 22.9 Å². The van der Waals surface area contributed by atoms with Gasteiger partial charge in [-0.2, -0.15) is 4.98 Å². The van der Waals surface area contributed by atoms with Crippen molar-refractivity contribution in [3.05, 3.63) is 82.3 Å². The molecule has 7 nitrogen and oxygen atoms in total. The zero-order chi connectivity index (χ0) is 22.2. The van der Waals surface area contributed by atoms with Crippen molar-refractivity contribution in [2.45, 2.75) is 18.6 Å². The molecule has 0 saturated carbocycles. The maximum absolute atomic E-state index is 13.5. The van der Waals surface area contributed by atoms with Gasteiger partial charge in [0, 0.05) is 17.2 Å². The Labute approximate surface area is 179 Å². The summed E-state index contributed by atoms with van der Waals surface area (Å²) in [4.78, 5) is 22.0. The Hall–Kier alpha value is -3.52. The van der Waals surface area contributed by atoms with Crippen LogP contribution in [-0.2, 0) is 16.4 Å². The molecule has 2 aromatic carbocycles. The average molecular weight is 436 g/mol. The second-order valence-corrected chi connectivity index (χ2v) is 9.17. The van der Waals surface area contributed by atoms with Gasteiger partial charge in [-0.05, 0) is 36.2 Å². The summed E-state index contributed by atoms with van der Waals surface area (Å²) in [6.45, 7) is 1.94.